The van der Waals surface area contributed by atoms with Crippen LogP contribution in [0.2, 0.25) is 0 Å². The Labute approximate surface area is 153 Å². The molecule has 0 saturated heterocycles. The van der Waals surface area contributed by atoms with E-state index in [1.807, 2.05) is 61.2 Å². The molecule has 2 aromatic carbocycles. The molecule has 5 nitrogen and oxygen atoms in total. The highest BCUT2D eigenvalue weighted by molar-refractivity contribution is 6.36. The summed E-state index contributed by atoms with van der Waals surface area (Å²) in [5, 5.41) is 0. The van der Waals surface area contributed by atoms with Gasteiger partial charge in [0.15, 0.2) is 0 Å². The lowest BCUT2D eigenvalue weighted by Gasteiger charge is -2.24. The van der Waals surface area contributed by atoms with E-state index >= 15 is 0 Å². The standard InChI is InChI=1S/C21H22N2O3/c1-4-22(16-9-7-6-8-10-16)19-18(20(24)23(5-2)21(19)25)15-11-13-17(26-3)14-12-15/h6-14H,4-5H2,1-3H3. The van der Waals surface area contributed by atoms with Crippen LogP contribution in [0.3, 0.4) is 0 Å². The van der Waals surface area contributed by atoms with Crippen LogP contribution in [0, 0.1) is 0 Å². The van der Waals surface area contributed by atoms with E-state index in [0.717, 1.165) is 5.69 Å². The summed E-state index contributed by atoms with van der Waals surface area (Å²) in [6, 6.07) is 16.9. The molecule has 134 valence electrons. The van der Waals surface area contributed by atoms with Crippen LogP contribution in [0.1, 0.15) is 19.4 Å². The van der Waals surface area contributed by atoms with Crippen LogP contribution in [0.4, 0.5) is 5.69 Å². The normalized spacial score (nSPS) is 14.2. The number of imide groups is 1. The van der Waals surface area contributed by atoms with Crippen LogP contribution in [0.25, 0.3) is 5.57 Å². The van der Waals surface area contributed by atoms with Crippen LogP contribution in [0.15, 0.2) is 60.3 Å². The summed E-state index contributed by atoms with van der Waals surface area (Å²) in [4.78, 5) is 29.2. The molecule has 0 aliphatic carbocycles. The third kappa shape index (κ3) is 2.96. The summed E-state index contributed by atoms with van der Waals surface area (Å²) in [6.07, 6.45) is 0. The molecule has 0 atom stereocenters. The van der Waals surface area contributed by atoms with Crippen molar-refractivity contribution in [2.45, 2.75) is 13.8 Å². The average Bonchev–Trinajstić information content (AvgIpc) is 2.93. The second-order valence-electron chi connectivity index (χ2n) is 5.89. The van der Waals surface area contributed by atoms with Gasteiger partial charge < -0.3 is 9.64 Å². The number of nitrogens with zero attached hydrogens (tertiary/aromatic N) is 2. The first-order valence-corrected chi connectivity index (χ1v) is 8.69. The predicted molar refractivity (Wildman–Crippen MR) is 102 cm³/mol. The number of hydrogen-bond donors (Lipinski definition) is 0. The van der Waals surface area contributed by atoms with Crippen molar-refractivity contribution in [1.82, 2.24) is 4.90 Å². The molecule has 2 aromatic rings. The van der Waals surface area contributed by atoms with Gasteiger partial charge in [-0.25, -0.2) is 0 Å². The van der Waals surface area contributed by atoms with Crippen molar-refractivity contribution >= 4 is 23.1 Å². The highest BCUT2D eigenvalue weighted by Crippen LogP contribution is 2.34. The Morgan fingerprint density at radius 2 is 1.58 bits per heavy atom. The molecule has 0 aromatic heterocycles. The summed E-state index contributed by atoms with van der Waals surface area (Å²) in [5.74, 6) is 0.191. The zero-order valence-electron chi connectivity index (χ0n) is 15.2. The van der Waals surface area contributed by atoms with Crippen LogP contribution < -0.4 is 9.64 Å². The summed E-state index contributed by atoms with van der Waals surface area (Å²) in [6.45, 7) is 4.70. The van der Waals surface area contributed by atoms with Crippen molar-refractivity contribution in [2.24, 2.45) is 0 Å². The van der Waals surface area contributed by atoms with E-state index in [1.165, 1.54) is 4.90 Å². The van der Waals surface area contributed by atoms with Crippen molar-refractivity contribution in [3.05, 3.63) is 65.9 Å². The maximum atomic E-state index is 13.0. The van der Waals surface area contributed by atoms with Gasteiger partial charge >= 0.3 is 0 Å². The van der Waals surface area contributed by atoms with E-state index in [2.05, 4.69) is 0 Å². The lowest BCUT2D eigenvalue weighted by Crippen LogP contribution is -2.35. The van der Waals surface area contributed by atoms with Gasteiger partial charge in [0.1, 0.15) is 11.4 Å². The number of carbonyl (C=O) groups excluding carboxylic acids is 2. The zero-order chi connectivity index (χ0) is 18.7. The summed E-state index contributed by atoms with van der Waals surface area (Å²) < 4.78 is 5.20. The average molecular weight is 350 g/mol. The largest absolute Gasteiger partial charge is 0.497 e. The van der Waals surface area contributed by atoms with E-state index in [4.69, 9.17) is 4.74 Å². The van der Waals surface area contributed by atoms with Crippen LogP contribution in [0.5, 0.6) is 5.75 Å². The first-order valence-electron chi connectivity index (χ1n) is 8.69. The van der Waals surface area contributed by atoms with E-state index in [0.29, 0.717) is 35.7 Å². The third-order valence-electron chi connectivity index (χ3n) is 4.49. The van der Waals surface area contributed by atoms with Gasteiger partial charge in [0.2, 0.25) is 0 Å². The quantitative estimate of drug-likeness (QED) is 0.750. The molecule has 0 fully saturated rings. The number of amides is 2. The second kappa shape index (κ2) is 7.44. The third-order valence-corrected chi connectivity index (χ3v) is 4.49. The van der Waals surface area contributed by atoms with E-state index < -0.39 is 0 Å². The minimum Gasteiger partial charge on any atom is -0.497 e. The second-order valence-corrected chi connectivity index (χ2v) is 5.89. The number of likely N-dealkylation sites (N-methyl/N-ethyl adjacent to an activating group) is 2. The molecule has 0 saturated carbocycles. The van der Waals surface area contributed by atoms with Gasteiger partial charge in [-0.1, -0.05) is 30.3 Å². The number of carbonyl (C=O) groups is 2. The van der Waals surface area contributed by atoms with Crippen LogP contribution in [-0.4, -0.2) is 36.9 Å². The Morgan fingerprint density at radius 1 is 0.923 bits per heavy atom. The molecule has 1 aliphatic heterocycles. The fourth-order valence-electron chi connectivity index (χ4n) is 3.20. The molecular weight excluding hydrogens is 328 g/mol. The van der Waals surface area contributed by atoms with Gasteiger partial charge in [-0.3, -0.25) is 14.5 Å². The van der Waals surface area contributed by atoms with E-state index in [1.54, 1.807) is 19.2 Å². The van der Waals surface area contributed by atoms with Gasteiger partial charge in [-0.05, 0) is 43.7 Å². The highest BCUT2D eigenvalue weighted by atomic mass is 16.5. The number of ether oxygens (including phenoxy) is 1. The molecule has 3 rings (SSSR count). The minimum atomic E-state index is -0.257. The number of methoxy groups -OCH3 is 1. The van der Waals surface area contributed by atoms with Gasteiger partial charge in [-0.15, -0.1) is 0 Å². The van der Waals surface area contributed by atoms with Crippen LogP contribution in [-0.2, 0) is 9.59 Å². The fourth-order valence-corrected chi connectivity index (χ4v) is 3.20. The summed E-state index contributed by atoms with van der Waals surface area (Å²) >= 11 is 0. The predicted octanol–water partition coefficient (Wildman–Crippen LogP) is 3.32. The van der Waals surface area contributed by atoms with Crippen molar-refractivity contribution in [3.8, 4) is 5.75 Å². The molecule has 26 heavy (non-hydrogen) atoms. The number of benzene rings is 2. The Morgan fingerprint density at radius 3 is 2.12 bits per heavy atom. The van der Waals surface area contributed by atoms with E-state index in [-0.39, 0.29) is 11.8 Å². The minimum absolute atomic E-state index is 0.256. The van der Waals surface area contributed by atoms with Gasteiger partial charge in [0.25, 0.3) is 11.8 Å². The van der Waals surface area contributed by atoms with Crippen molar-refractivity contribution in [1.29, 1.82) is 0 Å². The Bertz CT molecular complexity index is 841. The molecular formula is C21H22N2O3. The maximum Gasteiger partial charge on any atom is 0.278 e. The zero-order valence-corrected chi connectivity index (χ0v) is 15.2. The lowest BCUT2D eigenvalue weighted by atomic mass is 10.0. The first-order chi connectivity index (χ1) is 12.6. The monoisotopic (exact) mass is 350 g/mol. The SMILES string of the molecule is CCN1C(=O)C(c2ccc(OC)cc2)=C(N(CC)c2ccccc2)C1=O. The Kier molecular flexibility index (Phi) is 5.07. The van der Waals surface area contributed by atoms with Crippen molar-refractivity contribution in [2.75, 3.05) is 25.1 Å². The summed E-state index contributed by atoms with van der Waals surface area (Å²) in [5.41, 5.74) is 2.46. The maximum absolute atomic E-state index is 13.0. The molecule has 0 unspecified atom stereocenters. The molecule has 1 aliphatic rings. The van der Waals surface area contributed by atoms with E-state index in [9.17, 15) is 9.59 Å². The molecule has 0 N–H and O–H groups in total. The summed E-state index contributed by atoms with van der Waals surface area (Å²) in [7, 11) is 1.59. The number of anilines is 1. The Balaban J connectivity index is 2.17. The first kappa shape index (κ1) is 17.7. The Hall–Kier alpha value is -3.08. The topological polar surface area (TPSA) is 49.9 Å². The van der Waals surface area contributed by atoms with Crippen molar-refractivity contribution in [3.63, 3.8) is 0 Å². The number of rotatable bonds is 6. The fraction of sp³-hybridized carbons (Fsp3) is 0.238. The lowest BCUT2D eigenvalue weighted by molar-refractivity contribution is -0.136. The molecule has 2 amide bonds. The van der Waals surface area contributed by atoms with Gasteiger partial charge in [0.05, 0.1) is 12.7 Å². The number of hydrogen-bond acceptors (Lipinski definition) is 4. The smallest absolute Gasteiger partial charge is 0.278 e. The molecule has 0 radical (unpaired) electrons. The number of para-hydroxylation sites is 1. The molecule has 0 spiro atoms. The van der Waals surface area contributed by atoms with Crippen molar-refractivity contribution < 1.29 is 14.3 Å². The highest BCUT2D eigenvalue weighted by Gasteiger charge is 2.40. The molecule has 5 heteroatoms. The molecule has 1 heterocycles. The van der Waals surface area contributed by atoms with Gasteiger partial charge in [-0.2, -0.15) is 0 Å². The van der Waals surface area contributed by atoms with Gasteiger partial charge in [0, 0.05) is 18.8 Å². The molecule has 0 bridgehead atoms. The van der Waals surface area contributed by atoms with Crippen LogP contribution >= 0.6 is 0 Å².